The highest BCUT2D eigenvalue weighted by molar-refractivity contribution is 5.79. The Balaban J connectivity index is 1.69. The number of hydrogen-bond donors (Lipinski definition) is 2. The largest absolute Gasteiger partial charge is 0.363 e. The van der Waals surface area contributed by atoms with E-state index in [4.69, 9.17) is 0 Å². The third-order valence-corrected chi connectivity index (χ3v) is 4.51. The van der Waals surface area contributed by atoms with Crippen LogP contribution in [0.1, 0.15) is 44.1 Å². The minimum absolute atomic E-state index is 0.756. The molecule has 1 saturated carbocycles. The Bertz CT molecular complexity index is 492. The molecule has 0 bridgehead atoms. The van der Waals surface area contributed by atoms with Crippen LogP contribution >= 0.6 is 0 Å². The van der Waals surface area contributed by atoms with E-state index in [1.807, 2.05) is 38.3 Å². The summed E-state index contributed by atoms with van der Waals surface area (Å²) in [4.78, 5) is 10.6. The standard InChI is InChI=1S/C18H31N5/c1-19-18(21-11-6-9-15-7-4-5-8-15)22-14-16-10-12-20-17(13-16)23(2)3/h10,12-13,15H,4-9,11,14H2,1-3H3,(H2,19,21,22). The molecular formula is C18H31N5. The van der Waals surface area contributed by atoms with Crippen LogP contribution in [0.3, 0.4) is 0 Å². The van der Waals surface area contributed by atoms with Gasteiger partial charge >= 0.3 is 0 Å². The van der Waals surface area contributed by atoms with Crippen molar-refractivity contribution in [2.24, 2.45) is 10.9 Å². The lowest BCUT2D eigenvalue weighted by molar-refractivity contribution is 0.481. The summed E-state index contributed by atoms with van der Waals surface area (Å²) in [6.45, 7) is 1.75. The van der Waals surface area contributed by atoms with E-state index in [9.17, 15) is 0 Å². The molecule has 0 aromatic carbocycles. The van der Waals surface area contributed by atoms with Crippen molar-refractivity contribution in [3.8, 4) is 0 Å². The number of rotatable bonds is 7. The fourth-order valence-electron chi connectivity index (χ4n) is 3.12. The van der Waals surface area contributed by atoms with Crippen LogP contribution in [-0.2, 0) is 6.54 Å². The molecule has 5 nitrogen and oxygen atoms in total. The second kappa shape index (κ2) is 9.38. The van der Waals surface area contributed by atoms with E-state index in [-0.39, 0.29) is 0 Å². The monoisotopic (exact) mass is 317 g/mol. The number of aromatic nitrogens is 1. The fraction of sp³-hybridized carbons (Fsp3) is 0.667. The van der Waals surface area contributed by atoms with Crippen molar-refractivity contribution in [1.29, 1.82) is 0 Å². The van der Waals surface area contributed by atoms with E-state index in [0.29, 0.717) is 0 Å². The maximum Gasteiger partial charge on any atom is 0.191 e. The molecule has 1 aliphatic rings. The molecule has 2 rings (SSSR count). The van der Waals surface area contributed by atoms with Gasteiger partial charge in [-0.25, -0.2) is 4.98 Å². The number of hydrogen-bond acceptors (Lipinski definition) is 3. The second-order valence-corrected chi connectivity index (χ2v) is 6.56. The Morgan fingerprint density at radius 2 is 2.09 bits per heavy atom. The predicted octanol–water partition coefficient (Wildman–Crippen LogP) is 2.78. The van der Waals surface area contributed by atoms with Crippen molar-refractivity contribution >= 4 is 11.8 Å². The van der Waals surface area contributed by atoms with Gasteiger partial charge < -0.3 is 15.5 Å². The molecule has 1 aromatic heterocycles. The van der Waals surface area contributed by atoms with Gasteiger partial charge in [0, 0.05) is 40.4 Å². The van der Waals surface area contributed by atoms with Crippen LogP contribution in [0, 0.1) is 5.92 Å². The van der Waals surface area contributed by atoms with Gasteiger partial charge in [-0.05, 0) is 36.5 Å². The first-order valence-corrected chi connectivity index (χ1v) is 8.76. The molecule has 0 saturated heterocycles. The predicted molar refractivity (Wildman–Crippen MR) is 98.0 cm³/mol. The van der Waals surface area contributed by atoms with Crippen LogP contribution in [0.25, 0.3) is 0 Å². The highest BCUT2D eigenvalue weighted by atomic mass is 15.2. The van der Waals surface area contributed by atoms with E-state index in [2.05, 4.69) is 26.7 Å². The summed E-state index contributed by atoms with van der Waals surface area (Å²) in [5, 5.41) is 6.79. The summed E-state index contributed by atoms with van der Waals surface area (Å²) < 4.78 is 0. The van der Waals surface area contributed by atoms with E-state index in [1.165, 1.54) is 44.1 Å². The van der Waals surface area contributed by atoms with E-state index < -0.39 is 0 Å². The van der Waals surface area contributed by atoms with Crippen LogP contribution in [0.15, 0.2) is 23.3 Å². The van der Waals surface area contributed by atoms with Crippen LogP contribution in [0.2, 0.25) is 0 Å². The van der Waals surface area contributed by atoms with Crippen molar-refractivity contribution < 1.29 is 0 Å². The van der Waals surface area contributed by atoms with Gasteiger partial charge in [0.1, 0.15) is 5.82 Å². The maximum absolute atomic E-state index is 4.34. The molecule has 0 radical (unpaired) electrons. The van der Waals surface area contributed by atoms with Crippen LogP contribution in [0.5, 0.6) is 0 Å². The van der Waals surface area contributed by atoms with Crippen molar-refractivity contribution in [3.05, 3.63) is 23.9 Å². The van der Waals surface area contributed by atoms with Gasteiger partial charge in [-0.3, -0.25) is 4.99 Å². The molecule has 1 fully saturated rings. The minimum Gasteiger partial charge on any atom is -0.363 e. The first-order valence-electron chi connectivity index (χ1n) is 8.76. The van der Waals surface area contributed by atoms with Gasteiger partial charge in [0.25, 0.3) is 0 Å². The zero-order valence-corrected chi connectivity index (χ0v) is 14.8. The van der Waals surface area contributed by atoms with Crippen LogP contribution < -0.4 is 15.5 Å². The van der Waals surface area contributed by atoms with E-state index in [0.717, 1.165) is 30.8 Å². The van der Waals surface area contributed by atoms with E-state index >= 15 is 0 Å². The lowest BCUT2D eigenvalue weighted by atomic mass is 10.0. The number of guanidine groups is 1. The molecule has 0 unspecified atom stereocenters. The lowest BCUT2D eigenvalue weighted by Gasteiger charge is -2.15. The van der Waals surface area contributed by atoms with Gasteiger partial charge in [0.15, 0.2) is 5.96 Å². The number of anilines is 1. The average Bonchev–Trinajstić information content (AvgIpc) is 3.08. The zero-order chi connectivity index (χ0) is 16.5. The summed E-state index contributed by atoms with van der Waals surface area (Å²) in [7, 11) is 5.83. The van der Waals surface area contributed by atoms with Gasteiger partial charge in [-0.1, -0.05) is 25.7 Å². The normalized spacial score (nSPS) is 15.7. The Kier molecular flexibility index (Phi) is 7.17. The SMILES string of the molecule is CN=C(NCCCC1CCCC1)NCc1ccnc(N(C)C)c1. The van der Waals surface area contributed by atoms with Crippen molar-refractivity contribution in [1.82, 2.24) is 15.6 Å². The van der Waals surface area contributed by atoms with Crippen LogP contribution in [-0.4, -0.2) is 38.6 Å². The summed E-state index contributed by atoms with van der Waals surface area (Å²) in [5.41, 5.74) is 1.21. The molecule has 0 amide bonds. The number of aliphatic imine (C=N–C) groups is 1. The number of pyridine rings is 1. The van der Waals surface area contributed by atoms with E-state index in [1.54, 1.807) is 0 Å². The van der Waals surface area contributed by atoms with Gasteiger partial charge in [-0.15, -0.1) is 0 Å². The molecule has 0 aliphatic heterocycles. The van der Waals surface area contributed by atoms with Crippen molar-refractivity contribution in [2.75, 3.05) is 32.6 Å². The summed E-state index contributed by atoms with van der Waals surface area (Å²) in [5.74, 6) is 2.82. The molecule has 128 valence electrons. The third-order valence-electron chi connectivity index (χ3n) is 4.51. The first-order chi connectivity index (χ1) is 11.2. The van der Waals surface area contributed by atoms with Crippen LogP contribution in [0.4, 0.5) is 5.82 Å². The summed E-state index contributed by atoms with van der Waals surface area (Å²) >= 11 is 0. The molecule has 2 N–H and O–H groups in total. The quantitative estimate of drug-likeness (QED) is 0.461. The highest BCUT2D eigenvalue weighted by Gasteiger charge is 2.13. The zero-order valence-electron chi connectivity index (χ0n) is 14.8. The third kappa shape index (κ3) is 6.08. The first kappa shape index (κ1) is 17.6. The summed E-state index contributed by atoms with van der Waals surface area (Å²) in [6, 6.07) is 4.13. The van der Waals surface area contributed by atoms with Gasteiger partial charge in [0.2, 0.25) is 0 Å². The Hall–Kier alpha value is -1.78. The number of nitrogens with one attached hydrogen (secondary N) is 2. The minimum atomic E-state index is 0.756. The van der Waals surface area contributed by atoms with Crippen molar-refractivity contribution in [3.63, 3.8) is 0 Å². The highest BCUT2D eigenvalue weighted by Crippen LogP contribution is 2.28. The molecular weight excluding hydrogens is 286 g/mol. The Morgan fingerprint density at radius 3 is 2.78 bits per heavy atom. The second-order valence-electron chi connectivity index (χ2n) is 6.56. The Morgan fingerprint density at radius 1 is 1.30 bits per heavy atom. The molecule has 5 heteroatoms. The van der Waals surface area contributed by atoms with Gasteiger partial charge in [0.05, 0.1) is 0 Å². The molecule has 0 spiro atoms. The molecule has 1 aromatic rings. The summed E-state index contributed by atoms with van der Waals surface area (Å²) in [6.07, 6.45) is 10.2. The lowest BCUT2D eigenvalue weighted by Crippen LogP contribution is -2.37. The smallest absolute Gasteiger partial charge is 0.191 e. The fourth-order valence-corrected chi connectivity index (χ4v) is 3.12. The molecule has 23 heavy (non-hydrogen) atoms. The molecule has 0 atom stereocenters. The Labute approximate surface area is 140 Å². The maximum atomic E-state index is 4.34. The molecule has 1 heterocycles. The van der Waals surface area contributed by atoms with Gasteiger partial charge in [-0.2, -0.15) is 0 Å². The molecule has 1 aliphatic carbocycles. The topological polar surface area (TPSA) is 52.6 Å². The average molecular weight is 317 g/mol. The number of nitrogens with zero attached hydrogens (tertiary/aromatic N) is 3. The van der Waals surface area contributed by atoms with Crippen molar-refractivity contribution in [2.45, 2.75) is 45.1 Å².